The first kappa shape index (κ1) is 65.1. The Bertz CT molecular complexity index is 3030. The second-order valence-corrected chi connectivity index (χ2v) is 31.4. The van der Waals surface area contributed by atoms with E-state index in [9.17, 15) is 40.5 Å². The van der Waals surface area contributed by atoms with Crippen LogP contribution in [-0.2, 0) is 19.1 Å². The van der Waals surface area contributed by atoms with Crippen molar-refractivity contribution in [2.75, 3.05) is 37.9 Å². The standard InChI is InChI=1S/C69H97N5O12S2/c1-5-6-7-21-68-52-37-88-87-36-45(39-13-16-46(77)17-14-39)28-54(78)53(34-76)74-59(62(68)82)58-51(65(68,3)31-55(79)60(52)81)19-22-67(23-25-73-64(70)71)61-42(30-69(58,67)85)10-8-9-41(50-35-86-63(83)57(50)43-20-24-72-32-43)27-49-47(44(33-75)29-56(80)66(61,4)84)18-15-40-12-11-38(2)26-48(40)49/h13-17,20,24,32,38,41-42,44-45,47-53,55-57,60-61,72,74-77,79-81,84-85H,5-7,10-12,18-19,21-23,25-31,33-37H2,1-4H3,(H4,70,71,73)/t38-,41+,42+,44+,45+,47+,48-,49-,50+,51+,52+,53+,55+,56-,57+,60-,61-,65-,66+,67+,68+,69-/m1/s1. The number of ether oxygens (including phenoxy) is 1. The molecule has 11 rings (SSSR count). The number of nitrogens with one attached hydrogen (secondary N) is 2. The molecule has 19 heteroatoms. The number of benzene rings is 1. The minimum Gasteiger partial charge on any atom is -0.508 e. The molecule has 6 fully saturated rings. The SMILES string of the molecule is CCCCC[C@]12C(=O)C3=C4[C@H](CC[C@]5(CCN=C(N)N)[C@@H]6[C@@H](CC#C[C@H]([C@@H]7COC(=O)[C@H]7c7cc[nH]c7)C[C@@H]7[C@@H](CC=C8CC[C@@H](C)C[C@H]87)[C@H](CO)C[C@@H](O)[C@]6(C)O)C[C@@]45O)[C@@]1(C)C[C@H](O)[C@H](O)[C@@H]2CSSC[C@@H](c1ccc(O)cc1)CC(=O)[C@H](CO)N3. The van der Waals surface area contributed by atoms with Gasteiger partial charge in [-0.3, -0.25) is 19.4 Å². The number of H-pyrrole nitrogens is 1. The molecule has 0 unspecified atom stereocenters. The fourth-order valence-corrected chi connectivity index (χ4v) is 23.1. The number of phenolic OH excluding ortho intramolecular Hbond substituents is 1. The predicted molar refractivity (Wildman–Crippen MR) is 340 cm³/mol. The Balaban J connectivity index is 1.12. The number of aliphatic hydroxyl groups is 7. The summed E-state index contributed by atoms with van der Waals surface area (Å²) in [5.41, 5.74) is 7.71. The van der Waals surface area contributed by atoms with Crippen molar-refractivity contribution < 1.29 is 60.0 Å². The van der Waals surface area contributed by atoms with Crippen LogP contribution in [0.1, 0.15) is 160 Å². The van der Waals surface area contributed by atoms with Crippen LogP contribution in [0.2, 0.25) is 0 Å². The zero-order valence-electron chi connectivity index (χ0n) is 51.8. The summed E-state index contributed by atoms with van der Waals surface area (Å²) in [6.45, 7) is 7.28. The lowest BCUT2D eigenvalue weighted by Crippen LogP contribution is -2.71. The van der Waals surface area contributed by atoms with Crippen molar-refractivity contribution in [3.8, 4) is 17.6 Å². The van der Waals surface area contributed by atoms with E-state index in [4.69, 9.17) is 16.2 Å². The maximum Gasteiger partial charge on any atom is 0.313 e. The second kappa shape index (κ2) is 26.0. The van der Waals surface area contributed by atoms with E-state index in [0.29, 0.717) is 49.3 Å². The number of unbranched alkanes of at least 4 members (excludes halogenated alkanes) is 2. The van der Waals surface area contributed by atoms with Gasteiger partial charge in [0.2, 0.25) is 0 Å². The van der Waals surface area contributed by atoms with E-state index in [-0.39, 0.29) is 135 Å². The van der Waals surface area contributed by atoms with Crippen molar-refractivity contribution in [1.29, 1.82) is 0 Å². The van der Waals surface area contributed by atoms with Gasteiger partial charge in [-0.05, 0) is 166 Å². The van der Waals surface area contributed by atoms with E-state index < -0.39 is 99.7 Å². The van der Waals surface area contributed by atoms with Gasteiger partial charge in [0.1, 0.15) is 11.8 Å². The normalized spacial score (nSPS) is 42.8. The molecule has 2 bridgehead atoms. The van der Waals surface area contributed by atoms with Crippen LogP contribution < -0.4 is 16.8 Å². The molecule has 0 spiro atoms. The number of ketones is 2. The molecule has 2 aromatic rings. The number of hydrogen-bond acceptors (Lipinski definition) is 16. The van der Waals surface area contributed by atoms with Crippen molar-refractivity contribution >= 4 is 45.1 Å². The van der Waals surface area contributed by atoms with E-state index in [1.165, 1.54) is 27.2 Å². The Labute approximate surface area is 527 Å². The Morgan fingerprint density at radius 3 is 2.40 bits per heavy atom. The maximum absolute atomic E-state index is 17.1. The average Bonchev–Trinajstić information content (AvgIpc) is 1.22. The fraction of sp³-hybridized carbons (Fsp3) is 0.710. The van der Waals surface area contributed by atoms with Gasteiger partial charge in [0.25, 0.3) is 0 Å². The van der Waals surface area contributed by atoms with Crippen LogP contribution in [0.25, 0.3) is 0 Å². The predicted octanol–water partition coefficient (Wildman–Crippen LogP) is 7.17. The van der Waals surface area contributed by atoms with Crippen LogP contribution in [0.5, 0.6) is 5.75 Å². The number of carbonyl (C=O) groups excluding carboxylic acids is 3. The molecule has 1 aromatic heterocycles. The number of nitrogens with zero attached hydrogens (tertiary/aromatic N) is 1. The summed E-state index contributed by atoms with van der Waals surface area (Å²) < 4.78 is 5.97. The van der Waals surface area contributed by atoms with Gasteiger partial charge in [0.15, 0.2) is 17.5 Å². The number of aromatic amines is 1. The number of aliphatic imine (C=N–C) groups is 1. The number of guanidine groups is 1. The Morgan fingerprint density at radius 2 is 1.68 bits per heavy atom. The molecule has 0 amide bonds. The van der Waals surface area contributed by atoms with Gasteiger partial charge in [-0.15, -0.1) is 5.92 Å². The zero-order valence-corrected chi connectivity index (χ0v) is 53.5. The topological polar surface area (TPSA) is 314 Å². The number of hydrogen-bond donors (Lipinski definition) is 12. The minimum absolute atomic E-state index is 0.00134. The molecule has 9 aliphatic rings. The number of Topliss-reactive ketones (excluding diaryl/α,β-unsaturated/α-hetero) is 2. The third-order valence-corrected chi connectivity index (χ3v) is 27.0. The monoisotopic (exact) mass is 1250 g/mol. The number of fused-ring (bicyclic) bond motifs is 10. The van der Waals surface area contributed by atoms with Crippen molar-refractivity contribution in [2.45, 2.75) is 184 Å². The molecule has 22 atom stereocenters. The summed E-state index contributed by atoms with van der Waals surface area (Å²) in [6, 6.07) is 7.28. The number of nitrogens with two attached hydrogens (primary N) is 2. The highest BCUT2D eigenvalue weighted by Gasteiger charge is 2.77. The highest BCUT2D eigenvalue weighted by Crippen LogP contribution is 2.75. The number of aromatic hydroxyl groups is 1. The van der Waals surface area contributed by atoms with E-state index >= 15 is 14.7 Å². The molecule has 4 saturated carbocycles. The van der Waals surface area contributed by atoms with Crippen LogP contribution in [0.4, 0.5) is 0 Å². The molecule has 7 aliphatic carbocycles. The van der Waals surface area contributed by atoms with E-state index in [2.05, 4.69) is 47.1 Å². The van der Waals surface area contributed by atoms with Crippen molar-refractivity contribution in [1.82, 2.24) is 10.3 Å². The molecule has 2 saturated heterocycles. The zero-order chi connectivity index (χ0) is 62.7. The number of esters is 1. The molecule has 1 aromatic carbocycles. The minimum atomic E-state index is -2.04. The molecule has 482 valence electrons. The summed E-state index contributed by atoms with van der Waals surface area (Å²) in [7, 11) is 3.02. The Hall–Kier alpha value is -4.36. The largest absolute Gasteiger partial charge is 0.508 e. The number of phenols is 1. The summed E-state index contributed by atoms with van der Waals surface area (Å²) in [5.74, 6) is 2.33. The molecule has 3 heterocycles. The van der Waals surface area contributed by atoms with Gasteiger partial charge in [0.05, 0.1) is 54.3 Å². The number of aromatic nitrogens is 1. The Morgan fingerprint density at radius 1 is 0.909 bits per heavy atom. The van der Waals surface area contributed by atoms with Crippen LogP contribution in [0, 0.1) is 93.2 Å². The number of aliphatic hydroxyl groups excluding tert-OH is 5. The van der Waals surface area contributed by atoms with Crippen LogP contribution in [0.15, 0.2) is 70.6 Å². The average molecular weight is 1250 g/mol. The number of cyclic esters (lactones) is 1. The highest BCUT2D eigenvalue weighted by molar-refractivity contribution is 8.76. The third kappa shape index (κ3) is 11.2. The first-order chi connectivity index (χ1) is 42.1. The fourth-order valence-electron chi connectivity index (χ4n) is 20.2. The lowest BCUT2D eigenvalue weighted by Gasteiger charge is -2.68. The maximum atomic E-state index is 17.1. The van der Waals surface area contributed by atoms with Crippen LogP contribution in [-0.4, -0.2) is 143 Å². The first-order valence-corrected chi connectivity index (χ1v) is 35.4. The van der Waals surface area contributed by atoms with Crippen LogP contribution >= 0.6 is 21.6 Å². The molecule has 0 radical (unpaired) electrons. The lowest BCUT2D eigenvalue weighted by molar-refractivity contribution is -0.214. The second-order valence-electron chi connectivity index (χ2n) is 28.9. The summed E-state index contributed by atoms with van der Waals surface area (Å²) in [6.07, 6.45) is 9.62. The third-order valence-electron chi connectivity index (χ3n) is 24.4. The van der Waals surface area contributed by atoms with Crippen LogP contribution in [0.3, 0.4) is 0 Å². The lowest BCUT2D eigenvalue weighted by atomic mass is 9.37. The quantitative estimate of drug-likeness (QED) is 0.0191. The van der Waals surface area contributed by atoms with Crippen molar-refractivity contribution in [2.24, 2.45) is 97.8 Å². The van der Waals surface area contributed by atoms with Gasteiger partial charge in [-0.25, -0.2) is 0 Å². The van der Waals surface area contributed by atoms with Crippen molar-refractivity contribution in [3.05, 3.63) is 76.8 Å². The summed E-state index contributed by atoms with van der Waals surface area (Å²) >= 11 is 0. The van der Waals surface area contributed by atoms with Crippen molar-refractivity contribution in [3.63, 3.8) is 0 Å². The van der Waals surface area contributed by atoms with Gasteiger partial charge in [-0.2, -0.15) is 0 Å². The summed E-state index contributed by atoms with van der Waals surface area (Å²) in [4.78, 5) is 53.9. The van der Waals surface area contributed by atoms with E-state index in [0.717, 1.165) is 43.2 Å². The van der Waals surface area contributed by atoms with Gasteiger partial charge in [-0.1, -0.05) is 91.3 Å². The molecular formula is C69H97N5O12S2. The molecule has 14 N–H and O–H groups in total. The number of carbonyl (C=O) groups is 3. The van der Waals surface area contributed by atoms with Gasteiger partial charge in [0, 0.05) is 90.3 Å². The molecule has 88 heavy (non-hydrogen) atoms. The molecule has 2 aliphatic heterocycles. The van der Waals surface area contributed by atoms with E-state index in [1.54, 1.807) is 31.2 Å². The van der Waals surface area contributed by atoms with Gasteiger partial charge >= 0.3 is 5.97 Å². The van der Waals surface area contributed by atoms with Gasteiger partial charge < -0.3 is 67.4 Å². The highest BCUT2D eigenvalue weighted by atomic mass is 33.1. The Kier molecular flexibility index (Phi) is 19.2. The number of rotatable bonds is 12. The molecule has 17 nitrogen and oxygen atoms in total. The number of allylic oxidation sites excluding steroid dienone is 3. The van der Waals surface area contributed by atoms with E-state index in [1.807, 2.05) is 25.4 Å². The first-order valence-electron chi connectivity index (χ1n) is 32.9. The molecular weight excluding hydrogens is 1150 g/mol. The smallest absolute Gasteiger partial charge is 0.313 e. The summed E-state index contributed by atoms with van der Waals surface area (Å²) in [5, 5.41) is 104.